The van der Waals surface area contributed by atoms with Crippen LogP contribution in [-0.2, 0) is 9.84 Å². The smallest absolute Gasteiger partial charge is 0.253 e. The van der Waals surface area contributed by atoms with Gasteiger partial charge in [0.05, 0.1) is 28.5 Å². The normalized spacial score (nSPS) is 25.9. The van der Waals surface area contributed by atoms with E-state index in [2.05, 4.69) is 10.3 Å². The fraction of sp³-hybridized carbons (Fsp3) is 0.455. The molecule has 2 rings (SSSR count). The second-order valence-corrected chi connectivity index (χ2v) is 7.02. The molecule has 1 aromatic heterocycles. The Morgan fingerprint density at radius 2 is 2.22 bits per heavy atom. The Kier molecular flexibility index (Phi) is 3.59. The Balaban J connectivity index is 2.12. The number of hydrogen-bond acceptors (Lipinski definition) is 4. The average molecular weight is 289 g/mol. The summed E-state index contributed by atoms with van der Waals surface area (Å²) in [4.78, 5) is 16.0. The summed E-state index contributed by atoms with van der Waals surface area (Å²) in [5, 5.41) is 2.08. The van der Waals surface area contributed by atoms with Crippen molar-refractivity contribution in [3.05, 3.63) is 29.6 Å². The van der Waals surface area contributed by atoms with E-state index in [0.29, 0.717) is 11.3 Å². The summed E-state index contributed by atoms with van der Waals surface area (Å²) in [6.07, 6.45) is 1.59. The summed E-state index contributed by atoms with van der Waals surface area (Å²) < 4.78 is 22.8. The molecule has 7 heteroatoms. The Morgan fingerprint density at radius 1 is 1.50 bits per heavy atom. The summed E-state index contributed by atoms with van der Waals surface area (Å²) >= 11 is 5.92. The standard InChI is InChI=1S/C11H13ClN2O3S/c1-7-8(3-2-4-13-7)11(15)14-10-6-18(16,17)5-9(10)12/h2-4,9-10H,5-6H2,1H3,(H,14,15). The maximum Gasteiger partial charge on any atom is 0.253 e. The molecule has 0 aliphatic carbocycles. The highest BCUT2D eigenvalue weighted by Gasteiger charge is 2.37. The van der Waals surface area contributed by atoms with Gasteiger partial charge < -0.3 is 5.32 Å². The number of rotatable bonds is 2. The molecule has 1 fully saturated rings. The summed E-state index contributed by atoms with van der Waals surface area (Å²) in [5.74, 6) is -0.536. The number of pyridine rings is 1. The van der Waals surface area contributed by atoms with Gasteiger partial charge in [0.1, 0.15) is 0 Å². The van der Waals surface area contributed by atoms with Crippen molar-refractivity contribution in [1.29, 1.82) is 0 Å². The number of carbonyl (C=O) groups is 1. The lowest BCUT2D eigenvalue weighted by Crippen LogP contribution is -2.40. The van der Waals surface area contributed by atoms with Crippen LogP contribution in [0.4, 0.5) is 0 Å². The molecule has 0 saturated carbocycles. The van der Waals surface area contributed by atoms with Crippen molar-refractivity contribution < 1.29 is 13.2 Å². The first kappa shape index (κ1) is 13.3. The van der Waals surface area contributed by atoms with Crippen LogP contribution in [0.5, 0.6) is 0 Å². The van der Waals surface area contributed by atoms with Crippen molar-refractivity contribution >= 4 is 27.3 Å². The maximum absolute atomic E-state index is 12.0. The van der Waals surface area contributed by atoms with E-state index in [4.69, 9.17) is 11.6 Å². The molecule has 2 heterocycles. The summed E-state index contributed by atoms with van der Waals surface area (Å²) in [6, 6.07) is 2.76. The van der Waals surface area contributed by atoms with Crippen LogP contribution >= 0.6 is 11.6 Å². The molecule has 18 heavy (non-hydrogen) atoms. The van der Waals surface area contributed by atoms with Crippen LogP contribution in [0.2, 0.25) is 0 Å². The van der Waals surface area contributed by atoms with E-state index in [1.54, 1.807) is 25.3 Å². The third kappa shape index (κ3) is 2.81. The highest BCUT2D eigenvalue weighted by atomic mass is 35.5. The number of halogens is 1. The highest BCUT2D eigenvalue weighted by molar-refractivity contribution is 7.91. The van der Waals surface area contributed by atoms with E-state index < -0.39 is 21.3 Å². The van der Waals surface area contributed by atoms with Gasteiger partial charge in [-0.05, 0) is 19.1 Å². The molecule has 0 radical (unpaired) electrons. The minimum Gasteiger partial charge on any atom is -0.347 e. The number of nitrogens with one attached hydrogen (secondary N) is 1. The monoisotopic (exact) mass is 288 g/mol. The molecule has 1 amide bonds. The molecule has 98 valence electrons. The number of carbonyl (C=O) groups excluding carboxylic acids is 1. The molecule has 0 bridgehead atoms. The zero-order valence-corrected chi connectivity index (χ0v) is 11.3. The first-order chi connectivity index (χ1) is 8.39. The Morgan fingerprint density at radius 3 is 2.78 bits per heavy atom. The quantitative estimate of drug-likeness (QED) is 0.805. The van der Waals surface area contributed by atoms with Gasteiger partial charge in [-0.25, -0.2) is 8.42 Å². The Hall–Kier alpha value is -1.14. The molecule has 1 saturated heterocycles. The van der Waals surface area contributed by atoms with Crippen molar-refractivity contribution in [1.82, 2.24) is 10.3 Å². The number of amides is 1. The van der Waals surface area contributed by atoms with Gasteiger partial charge >= 0.3 is 0 Å². The minimum absolute atomic E-state index is 0.0917. The van der Waals surface area contributed by atoms with Gasteiger partial charge in [0.25, 0.3) is 5.91 Å². The Labute approximate surface area is 110 Å². The lowest BCUT2D eigenvalue weighted by molar-refractivity contribution is 0.0940. The van der Waals surface area contributed by atoms with Crippen molar-refractivity contribution in [2.24, 2.45) is 0 Å². The molecule has 2 unspecified atom stereocenters. The summed E-state index contributed by atoms with van der Waals surface area (Å²) in [5.41, 5.74) is 1.03. The number of hydrogen-bond donors (Lipinski definition) is 1. The van der Waals surface area contributed by atoms with Crippen LogP contribution in [-0.4, -0.2) is 42.2 Å². The minimum atomic E-state index is -3.14. The molecule has 1 N–H and O–H groups in total. The SMILES string of the molecule is Cc1ncccc1C(=O)NC1CS(=O)(=O)CC1Cl. The molecule has 2 atom stereocenters. The topological polar surface area (TPSA) is 76.1 Å². The van der Waals surface area contributed by atoms with Gasteiger partial charge in [0.15, 0.2) is 9.84 Å². The lowest BCUT2D eigenvalue weighted by Gasteiger charge is -2.14. The third-order valence-electron chi connectivity index (χ3n) is 2.85. The fourth-order valence-corrected chi connectivity index (χ4v) is 4.46. The third-order valence-corrected chi connectivity index (χ3v) is 5.23. The molecule has 0 spiro atoms. The van der Waals surface area contributed by atoms with Gasteiger partial charge in [-0.15, -0.1) is 11.6 Å². The molecule has 1 aromatic rings. The van der Waals surface area contributed by atoms with E-state index in [9.17, 15) is 13.2 Å². The van der Waals surface area contributed by atoms with Gasteiger partial charge in [-0.3, -0.25) is 9.78 Å². The fourth-order valence-electron chi connectivity index (χ4n) is 1.91. The first-order valence-electron chi connectivity index (χ1n) is 5.46. The van der Waals surface area contributed by atoms with Gasteiger partial charge in [0.2, 0.25) is 0 Å². The molecular weight excluding hydrogens is 276 g/mol. The molecule has 1 aliphatic rings. The van der Waals surface area contributed by atoms with Crippen molar-refractivity contribution in [2.45, 2.75) is 18.3 Å². The number of alkyl halides is 1. The number of aromatic nitrogens is 1. The van der Waals surface area contributed by atoms with Crippen LogP contribution in [0.1, 0.15) is 16.1 Å². The van der Waals surface area contributed by atoms with Crippen LogP contribution in [0.15, 0.2) is 18.3 Å². The van der Waals surface area contributed by atoms with Gasteiger partial charge in [-0.1, -0.05) is 0 Å². The molecular formula is C11H13ClN2O3S. The zero-order valence-electron chi connectivity index (χ0n) is 9.76. The second kappa shape index (κ2) is 4.85. The van der Waals surface area contributed by atoms with E-state index >= 15 is 0 Å². The van der Waals surface area contributed by atoms with Crippen molar-refractivity contribution in [3.8, 4) is 0 Å². The highest BCUT2D eigenvalue weighted by Crippen LogP contribution is 2.18. The summed E-state index contributed by atoms with van der Waals surface area (Å²) in [6.45, 7) is 1.72. The predicted molar refractivity (Wildman–Crippen MR) is 68.5 cm³/mol. The van der Waals surface area contributed by atoms with Gasteiger partial charge in [0, 0.05) is 11.9 Å². The predicted octanol–water partition coefficient (Wildman–Crippen LogP) is 0.524. The van der Waals surface area contributed by atoms with Crippen LogP contribution in [0.3, 0.4) is 0 Å². The van der Waals surface area contributed by atoms with E-state index in [-0.39, 0.29) is 17.4 Å². The van der Waals surface area contributed by atoms with Crippen LogP contribution in [0.25, 0.3) is 0 Å². The number of aryl methyl sites for hydroxylation is 1. The second-order valence-electron chi connectivity index (χ2n) is 4.31. The van der Waals surface area contributed by atoms with E-state index in [1.165, 1.54) is 0 Å². The molecule has 5 nitrogen and oxygen atoms in total. The lowest BCUT2D eigenvalue weighted by atomic mass is 10.1. The Bertz CT molecular complexity index is 573. The largest absolute Gasteiger partial charge is 0.347 e. The van der Waals surface area contributed by atoms with Gasteiger partial charge in [-0.2, -0.15) is 0 Å². The van der Waals surface area contributed by atoms with Crippen molar-refractivity contribution in [3.63, 3.8) is 0 Å². The first-order valence-corrected chi connectivity index (χ1v) is 7.72. The summed E-state index contributed by atoms with van der Waals surface area (Å²) in [7, 11) is -3.14. The zero-order chi connectivity index (χ0) is 13.3. The number of nitrogens with zero attached hydrogens (tertiary/aromatic N) is 1. The molecule has 0 aromatic carbocycles. The maximum atomic E-state index is 12.0. The van der Waals surface area contributed by atoms with Crippen LogP contribution < -0.4 is 5.32 Å². The van der Waals surface area contributed by atoms with E-state index in [0.717, 1.165) is 0 Å². The molecule has 1 aliphatic heterocycles. The van der Waals surface area contributed by atoms with Crippen LogP contribution in [0, 0.1) is 6.92 Å². The average Bonchev–Trinajstić information content (AvgIpc) is 2.52. The number of sulfone groups is 1. The van der Waals surface area contributed by atoms with E-state index in [1.807, 2.05) is 0 Å². The van der Waals surface area contributed by atoms with Crippen molar-refractivity contribution in [2.75, 3.05) is 11.5 Å².